The lowest BCUT2D eigenvalue weighted by Gasteiger charge is -2.45. The summed E-state index contributed by atoms with van der Waals surface area (Å²) in [7, 11) is 0. The molecule has 30 heavy (non-hydrogen) atoms. The first-order valence-electron chi connectivity index (χ1n) is 9.38. The molecule has 2 heterocycles. The van der Waals surface area contributed by atoms with Gasteiger partial charge in [-0.25, -0.2) is 0 Å². The van der Waals surface area contributed by atoms with Gasteiger partial charge in [-0.1, -0.05) is 12.1 Å². The lowest BCUT2D eigenvalue weighted by Crippen LogP contribution is -2.65. The Hall–Kier alpha value is -1.58. The third-order valence-electron chi connectivity index (χ3n) is 5.12. The number of aliphatic hydroxyl groups is 7. The number of nitrogen functional groups attached to an aromatic ring is 1. The summed E-state index contributed by atoms with van der Waals surface area (Å²) >= 11 is 0. The minimum atomic E-state index is -1.75. The van der Waals surface area contributed by atoms with Crippen LogP contribution in [0.4, 0.5) is 5.69 Å². The first-order chi connectivity index (χ1) is 14.3. The van der Waals surface area contributed by atoms with Gasteiger partial charge in [-0.2, -0.15) is 0 Å². The summed E-state index contributed by atoms with van der Waals surface area (Å²) in [4.78, 5) is 0. The molecule has 0 spiro atoms. The lowest BCUT2D eigenvalue weighted by molar-refractivity contribution is -0.352. The smallest absolute Gasteiger partial charge is 0.229 e. The molecule has 0 saturated carbocycles. The van der Waals surface area contributed by atoms with E-state index in [-0.39, 0.29) is 11.4 Å². The second-order valence-electron chi connectivity index (χ2n) is 7.16. The number of nitrogens with two attached hydrogens (primary N) is 1. The summed E-state index contributed by atoms with van der Waals surface area (Å²) in [6.45, 7) is -1.32. The Balaban J connectivity index is 1.78. The highest BCUT2D eigenvalue weighted by Crippen LogP contribution is 2.31. The Kier molecular flexibility index (Phi) is 7.47. The zero-order valence-electron chi connectivity index (χ0n) is 15.8. The monoisotopic (exact) mass is 433 g/mol. The van der Waals surface area contributed by atoms with E-state index in [4.69, 9.17) is 24.7 Å². The van der Waals surface area contributed by atoms with Crippen molar-refractivity contribution in [1.29, 1.82) is 0 Å². The van der Waals surface area contributed by atoms with Crippen LogP contribution < -0.4 is 10.5 Å². The molecule has 0 amide bonds. The third-order valence-corrected chi connectivity index (χ3v) is 5.12. The van der Waals surface area contributed by atoms with Crippen LogP contribution in [-0.4, -0.2) is 110 Å². The van der Waals surface area contributed by atoms with Gasteiger partial charge in [0.15, 0.2) is 6.29 Å². The number of para-hydroxylation sites is 2. The van der Waals surface area contributed by atoms with E-state index in [1.54, 1.807) is 18.2 Å². The van der Waals surface area contributed by atoms with Crippen molar-refractivity contribution in [2.45, 2.75) is 61.4 Å². The Morgan fingerprint density at radius 1 is 0.767 bits per heavy atom. The molecule has 2 aliphatic rings. The average molecular weight is 433 g/mol. The normalized spacial score (nSPS) is 42.1. The van der Waals surface area contributed by atoms with Gasteiger partial charge in [0.1, 0.15) is 54.6 Å². The van der Waals surface area contributed by atoms with Crippen LogP contribution >= 0.6 is 0 Å². The Bertz CT molecular complexity index is 692. The van der Waals surface area contributed by atoms with E-state index in [1.165, 1.54) is 6.07 Å². The fourth-order valence-corrected chi connectivity index (χ4v) is 3.36. The van der Waals surface area contributed by atoms with Crippen LogP contribution in [0.5, 0.6) is 5.75 Å². The molecule has 1 aromatic rings. The van der Waals surface area contributed by atoms with Crippen molar-refractivity contribution in [3.8, 4) is 5.75 Å². The molecular weight excluding hydrogens is 406 g/mol. The standard InChI is InChI=1S/C18H27NO11/c19-7-3-1-2-4-8(7)27-18-15(26)16(12(23)10(6-21)29-18)30-17-14(25)13(24)11(22)9(5-20)28-17/h1-4,9-18,20-26H,5-6,19H2/t9-,10-,11+,12+,13+,14-,15-,16+,17-,18+/m1/s1. The van der Waals surface area contributed by atoms with Gasteiger partial charge in [-0.3, -0.25) is 0 Å². The van der Waals surface area contributed by atoms with Crippen molar-refractivity contribution in [3.63, 3.8) is 0 Å². The van der Waals surface area contributed by atoms with E-state index < -0.39 is 74.6 Å². The molecule has 2 saturated heterocycles. The average Bonchev–Trinajstić information content (AvgIpc) is 2.74. The van der Waals surface area contributed by atoms with Crippen molar-refractivity contribution >= 4 is 5.69 Å². The number of anilines is 1. The first-order valence-corrected chi connectivity index (χ1v) is 9.38. The van der Waals surface area contributed by atoms with Crippen LogP contribution in [0.2, 0.25) is 0 Å². The minimum absolute atomic E-state index is 0.182. The van der Waals surface area contributed by atoms with E-state index in [9.17, 15) is 35.7 Å². The van der Waals surface area contributed by atoms with Gasteiger partial charge in [-0.05, 0) is 12.1 Å². The SMILES string of the molecule is Nc1ccccc1O[C@H]1O[C@H](CO)[C@H](O)[C@H](O[C@H]2O[C@H](CO)[C@H](O)[C@H](O)[C@H]2O)[C@H]1O. The number of ether oxygens (including phenoxy) is 4. The molecule has 0 aliphatic carbocycles. The summed E-state index contributed by atoms with van der Waals surface area (Å²) in [5.74, 6) is 0.182. The summed E-state index contributed by atoms with van der Waals surface area (Å²) < 4.78 is 21.7. The molecule has 0 radical (unpaired) electrons. The van der Waals surface area contributed by atoms with Gasteiger partial charge in [0.2, 0.25) is 6.29 Å². The van der Waals surface area contributed by atoms with Crippen LogP contribution in [0.3, 0.4) is 0 Å². The molecule has 0 unspecified atom stereocenters. The maximum atomic E-state index is 10.7. The van der Waals surface area contributed by atoms with E-state index in [2.05, 4.69) is 0 Å². The second-order valence-corrected chi connectivity index (χ2v) is 7.16. The number of hydrogen-bond donors (Lipinski definition) is 8. The van der Waals surface area contributed by atoms with Gasteiger partial charge in [-0.15, -0.1) is 0 Å². The maximum Gasteiger partial charge on any atom is 0.229 e. The largest absolute Gasteiger partial charge is 0.460 e. The third kappa shape index (κ3) is 4.53. The molecule has 0 aromatic heterocycles. The fraction of sp³-hybridized carbons (Fsp3) is 0.667. The Morgan fingerprint density at radius 2 is 1.37 bits per heavy atom. The van der Waals surface area contributed by atoms with Gasteiger partial charge in [0, 0.05) is 0 Å². The first kappa shape index (κ1) is 23.1. The topological polar surface area (TPSA) is 205 Å². The van der Waals surface area contributed by atoms with Gasteiger partial charge in [0.25, 0.3) is 0 Å². The summed E-state index contributed by atoms with van der Waals surface area (Å²) in [5.41, 5.74) is 6.07. The quantitative estimate of drug-likeness (QED) is 0.204. The number of benzene rings is 1. The molecule has 12 nitrogen and oxygen atoms in total. The number of hydrogen-bond acceptors (Lipinski definition) is 12. The van der Waals surface area contributed by atoms with E-state index in [1.807, 2.05) is 0 Å². The van der Waals surface area contributed by atoms with Gasteiger partial charge >= 0.3 is 0 Å². The lowest BCUT2D eigenvalue weighted by atomic mass is 9.97. The fourth-order valence-electron chi connectivity index (χ4n) is 3.36. The molecule has 2 aliphatic heterocycles. The molecule has 12 heteroatoms. The van der Waals surface area contributed by atoms with Crippen molar-refractivity contribution in [2.24, 2.45) is 0 Å². The number of rotatable bonds is 6. The predicted molar refractivity (Wildman–Crippen MR) is 97.9 cm³/mol. The molecule has 1 aromatic carbocycles. The highest BCUT2D eigenvalue weighted by Gasteiger charge is 2.51. The van der Waals surface area contributed by atoms with Crippen LogP contribution in [0.25, 0.3) is 0 Å². The molecule has 2 fully saturated rings. The molecule has 9 N–H and O–H groups in total. The predicted octanol–water partition coefficient (Wildman–Crippen LogP) is -3.73. The van der Waals surface area contributed by atoms with Crippen LogP contribution in [0.15, 0.2) is 24.3 Å². The minimum Gasteiger partial charge on any atom is -0.460 e. The van der Waals surface area contributed by atoms with Crippen molar-refractivity contribution in [1.82, 2.24) is 0 Å². The van der Waals surface area contributed by atoms with Crippen LogP contribution in [0, 0.1) is 0 Å². The van der Waals surface area contributed by atoms with E-state index in [0.717, 1.165) is 0 Å². The highest BCUT2D eigenvalue weighted by atomic mass is 16.7. The maximum absolute atomic E-state index is 10.7. The van der Waals surface area contributed by atoms with Crippen LogP contribution in [-0.2, 0) is 14.2 Å². The van der Waals surface area contributed by atoms with Crippen molar-refractivity contribution < 1.29 is 54.7 Å². The Morgan fingerprint density at radius 3 is 2.00 bits per heavy atom. The van der Waals surface area contributed by atoms with E-state index in [0.29, 0.717) is 0 Å². The summed E-state index contributed by atoms with van der Waals surface area (Å²) in [6.07, 6.45) is -15.2. The van der Waals surface area contributed by atoms with Crippen molar-refractivity contribution in [2.75, 3.05) is 18.9 Å². The van der Waals surface area contributed by atoms with Crippen molar-refractivity contribution in [3.05, 3.63) is 24.3 Å². The highest BCUT2D eigenvalue weighted by molar-refractivity contribution is 5.51. The number of aliphatic hydroxyl groups excluding tert-OH is 7. The molecular formula is C18H27NO11. The zero-order valence-corrected chi connectivity index (χ0v) is 15.8. The molecule has 10 atom stereocenters. The molecule has 3 rings (SSSR count). The van der Waals surface area contributed by atoms with Gasteiger partial charge < -0.3 is 60.4 Å². The summed E-state index contributed by atoms with van der Waals surface area (Å²) in [6, 6.07) is 6.40. The second kappa shape index (κ2) is 9.70. The Labute approximate surface area is 171 Å². The van der Waals surface area contributed by atoms with E-state index >= 15 is 0 Å². The van der Waals surface area contributed by atoms with Crippen LogP contribution in [0.1, 0.15) is 0 Å². The molecule has 0 bridgehead atoms. The molecule has 170 valence electrons. The summed E-state index contributed by atoms with van der Waals surface area (Å²) in [5, 5.41) is 69.9. The van der Waals surface area contributed by atoms with Gasteiger partial charge in [0.05, 0.1) is 18.9 Å². The zero-order chi connectivity index (χ0) is 22.0.